The van der Waals surface area contributed by atoms with Gasteiger partial charge in [-0.3, -0.25) is 0 Å². The highest BCUT2D eigenvalue weighted by molar-refractivity contribution is 5.84. The molecule has 0 aromatic heterocycles. The first-order valence-corrected chi connectivity index (χ1v) is 7.91. The van der Waals surface area contributed by atoms with Crippen molar-refractivity contribution in [3.8, 4) is 11.5 Å². The summed E-state index contributed by atoms with van der Waals surface area (Å²) in [5.41, 5.74) is 6.32. The standard InChI is InChI=1S/C21H18O2/c22-17-9-4-15(5-10-17)21(16-6-11-18(23)12-7-16)20-13-8-14-2-1-3-19(14)20/h1-7,9-12,19,22-23H,8,13H2. The molecule has 0 bridgehead atoms. The van der Waals surface area contributed by atoms with Crippen LogP contribution < -0.4 is 0 Å². The third-order valence-electron chi connectivity index (χ3n) is 4.70. The Morgan fingerprint density at radius 2 is 1.35 bits per heavy atom. The fourth-order valence-corrected chi connectivity index (χ4v) is 3.60. The van der Waals surface area contributed by atoms with Gasteiger partial charge < -0.3 is 10.2 Å². The zero-order valence-electron chi connectivity index (χ0n) is 12.7. The SMILES string of the molecule is Oc1ccc(C(=C2CCC3=CC=CC32)c2ccc(O)cc2)cc1. The van der Waals surface area contributed by atoms with Crippen molar-refractivity contribution in [2.75, 3.05) is 0 Å². The maximum Gasteiger partial charge on any atom is 0.115 e. The average molecular weight is 302 g/mol. The second kappa shape index (κ2) is 5.47. The molecule has 2 aromatic rings. The van der Waals surface area contributed by atoms with Crippen LogP contribution in [-0.2, 0) is 0 Å². The predicted molar refractivity (Wildman–Crippen MR) is 92.2 cm³/mol. The van der Waals surface area contributed by atoms with Gasteiger partial charge in [-0.25, -0.2) is 0 Å². The lowest BCUT2D eigenvalue weighted by atomic mass is 9.88. The van der Waals surface area contributed by atoms with E-state index in [9.17, 15) is 10.2 Å². The van der Waals surface area contributed by atoms with Crippen LogP contribution in [0.2, 0.25) is 0 Å². The first kappa shape index (κ1) is 13.9. The number of hydrogen-bond acceptors (Lipinski definition) is 2. The predicted octanol–water partition coefficient (Wildman–Crippen LogP) is 4.81. The number of rotatable bonds is 2. The molecule has 1 atom stereocenters. The highest BCUT2D eigenvalue weighted by Gasteiger charge is 2.29. The zero-order valence-corrected chi connectivity index (χ0v) is 12.7. The van der Waals surface area contributed by atoms with Gasteiger partial charge in [-0.2, -0.15) is 0 Å². The normalized spacial score (nSPS) is 18.9. The van der Waals surface area contributed by atoms with E-state index >= 15 is 0 Å². The van der Waals surface area contributed by atoms with Gasteiger partial charge in [-0.05, 0) is 53.8 Å². The molecule has 1 saturated carbocycles. The molecule has 0 heterocycles. The second-order valence-electron chi connectivity index (χ2n) is 6.10. The van der Waals surface area contributed by atoms with E-state index in [0.29, 0.717) is 5.92 Å². The van der Waals surface area contributed by atoms with E-state index in [1.165, 1.54) is 16.7 Å². The lowest BCUT2D eigenvalue weighted by molar-refractivity contribution is 0.475. The maximum absolute atomic E-state index is 9.59. The Balaban J connectivity index is 1.90. The van der Waals surface area contributed by atoms with Crippen LogP contribution in [0.1, 0.15) is 24.0 Å². The van der Waals surface area contributed by atoms with Crippen molar-refractivity contribution in [2.45, 2.75) is 12.8 Å². The van der Waals surface area contributed by atoms with Crippen molar-refractivity contribution in [1.29, 1.82) is 0 Å². The third kappa shape index (κ3) is 2.46. The molecule has 0 saturated heterocycles. The van der Waals surface area contributed by atoms with E-state index in [4.69, 9.17) is 0 Å². The quantitative estimate of drug-likeness (QED) is 0.836. The molecule has 2 nitrogen and oxygen atoms in total. The molecule has 4 rings (SSSR count). The Morgan fingerprint density at radius 3 is 1.91 bits per heavy atom. The van der Waals surface area contributed by atoms with Crippen LogP contribution in [0.3, 0.4) is 0 Å². The molecule has 2 aliphatic carbocycles. The molecule has 0 amide bonds. The van der Waals surface area contributed by atoms with E-state index in [0.717, 1.165) is 24.0 Å². The molecule has 1 fully saturated rings. The van der Waals surface area contributed by atoms with Crippen LogP contribution in [0.4, 0.5) is 0 Å². The molecular weight excluding hydrogens is 284 g/mol. The Morgan fingerprint density at radius 1 is 0.783 bits per heavy atom. The largest absolute Gasteiger partial charge is 0.508 e. The van der Waals surface area contributed by atoms with Gasteiger partial charge in [0.05, 0.1) is 0 Å². The summed E-state index contributed by atoms with van der Waals surface area (Å²) in [6.45, 7) is 0. The number of hydrogen-bond donors (Lipinski definition) is 2. The Kier molecular flexibility index (Phi) is 3.30. The summed E-state index contributed by atoms with van der Waals surface area (Å²) in [5.74, 6) is 0.945. The Labute approximate surface area is 135 Å². The summed E-state index contributed by atoms with van der Waals surface area (Å²) in [4.78, 5) is 0. The van der Waals surface area contributed by atoms with Crippen molar-refractivity contribution in [3.63, 3.8) is 0 Å². The minimum absolute atomic E-state index is 0.275. The molecule has 2 aromatic carbocycles. The first-order valence-electron chi connectivity index (χ1n) is 7.91. The van der Waals surface area contributed by atoms with E-state index in [2.05, 4.69) is 18.2 Å². The van der Waals surface area contributed by atoms with Crippen molar-refractivity contribution >= 4 is 5.57 Å². The molecule has 1 unspecified atom stereocenters. The summed E-state index contributed by atoms with van der Waals surface area (Å²) >= 11 is 0. The van der Waals surface area contributed by atoms with Crippen molar-refractivity contribution < 1.29 is 10.2 Å². The monoisotopic (exact) mass is 302 g/mol. The number of phenolic OH excluding ortho intramolecular Hbond substituents is 2. The van der Waals surface area contributed by atoms with Crippen LogP contribution in [0.15, 0.2) is 77.9 Å². The minimum Gasteiger partial charge on any atom is -0.508 e. The summed E-state index contributed by atoms with van der Waals surface area (Å²) in [6, 6.07) is 14.8. The molecule has 2 N–H and O–H groups in total. The fourth-order valence-electron chi connectivity index (χ4n) is 3.60. The van der Waals surface area contributed by atoms with Crippen molar-refractivity contribution in [2.24, 2.45) is 5.92 Å². The van der Waals surface area contributed by atoms with E-state index < -0.39 is 0 Å². The smallest absolute Gasteiger partial charge is 0.115 e. The third-order valence-corrected chi connectivity index (χ3v) is 4.70. The van der Waals surface area contributed by atoms with Crippen LogP contribution in [0.25, 0.3) is 5.57 Å². The van der Waals surface area contributed by atoms with Gasteiger partial charge in [0, 0.05) is 5.92 Å². The molecule has 0 radical (unpaired) electrons. The molecule has 114 valence electrons. The summed E-state index contributed by atoms with van der Waals surface area (Å²) in [7, 11) is 0. The highest BCUT2D eigenvalue weighted by atomic mass is 16.3. The highest BCUT2D eigenvalue weighted by Crippen LogP contribution is 2.45. The zero-order chi connectivity index (χ0) is 15.8. The average Bonchev–Trinajstić information content (AvgIpc) is 3.16. The Bertz CT molecular complexity index is 774. The number of benzene rings is 2. The van der Waals surface area contributed by atoms with Crippen LogP contribution in [0, 0.1) is 5.92 Å². The summed E-state index contributed by atoms with van der Waals surface area (Å²) in [6.07, 6.45) is 8.79. The number of phenols is 2. The van der Waals surface area contributed by atoms with Crippen molar-refractivity contribution in [1.82, 2.24) is 0 Å². The topological polar surface area (TPSA) is 40.5 Å². The van der Waals surface area contributed by atoms with Crippen molar-refractivity contribution in [3.05, 3.63) is 89.0 Å². The van der Waals surface area contributed by atoms with E-state index in [1.54, 1.807) is 24.3 Å². The first-order chi connectivity index (χ1) is 11.2. The number of fused-ring (bicyclic) bond motifs is 1. The Hall–Kier alpha value is -2.74. The van der Waals surface area contributed by atoms with Gasteiger partial charge in [0.25, 0.3) is 0 Å². The molecule has 2 heteroatoms. The van der Waals surface area contributed by atoms with Gasteiger partial charge in [-0.1, -0.05) is 53.6 Å². The van der Waals surface area contributed by atoms with Crippen LogP contribution >= 0.6 is 0 Å². The maximum atomic E-state index is 9.59. The molecule has 0 spiro atoms. The summed E-state index contributed by atoms with van der Waals surface area (Å²) in [5, 5.41) is 19.2. The van der Waals surface area contributed by atoms with Gasteiger partial charge in [0.15, 0.2) is 0 Å². The molecule has 2 aliphatic rings. The van der Waals surface area contributed by atoms with Gasteiger partial charge >= 0.3 is 0 Å². The summed E-state index contributed by atoms with van der Waals surface area (Å²) < 4.78 is 0. The number of aromatic hydroxyl groups is 2. The molecular formula is C21H18O2. The fraction of sp³-hybridized carbons (Fsp3) is 0.143. The minimum atomic E-state index is 0.275. The van der Waals surface area contributed by atoms with E-state index in [-0.39, 0.29) is 11.5 Å². The number of allylic oxidation sites excluding steroid dienone is 5. The molecule has 0 aliphatic heterocycles. The van der Waals surface area contributed by atoms with Crippen LogP contribution in [0.5, 0.6) is 11.5 Å². The second-order valence-corrected chi connectivity index (χ2v) is 6.10. The van der Waals surface area contributed by atoms with Gasteiger partial charge in [0.1, 0.15) is 11.5 Å². The van der Waals surface area contributed by atoms with Crippen LogP contribution in [-0.4, -0.2) is 10.2 Å². The lowest BCUT2D eigenvalue weighted by Gasteiger charge is -2.16. The van der Waals surface area contributed by atoms with Gasteiger partial charge in [-0.15, -0.1) is 0 Å². The lowest BCUT2D eigenvalue weighted by Crippen LogP contribution is -1.99. The molecule has 23 heavy (non-hydrogen) atoms. The van der Waals surface area contributed by atoms with Gasteiger partial charge in [0.2, 0.25) is 0 Å². The van der Waals surface area contributed by atoms with E-state index in [1.807, 2.05) is 24.3 Å².